The number of carboxylic acid groups (broad SMARTS) is 1. The van der Waals surface area contributed by atoms with Crippen molar-refractivity contribution >= 4 is 17.8 Å². The van der Waals surface area contributed by atoms with E-state index in [0.29, 0.717) is 6.54 Å². The van der Waals surface area contributed by atoms with Crippen molar-refractivity contribution in [2.45, 2.75) is 46.2 Å². The number of benzene rings is 1. The molecule has 0 radical (unpaired) electrons. The monoisotopic (exact) mass is 332 g/mol. The van der Waals surface area contributed by atoms with Gasteiger partial charge in [0.1, 0.15) is 6.04 Å². The van der Waals surface area contributed by atoms with Crippen molar-refractivity contribution in [1.29, 1.82) is 0 Å². The van der Waals surface area contributed by atoms with E-state index in [-0.39, 0.29) is 18.4 Å². The Bertz CT molecular complexity index is 663. The number of carboxylic acids is 1. The predicted molar refractivity (Wildman–Crippen MR) is 89.3 cm³/mol. The second kappa shape index (κ2) is 6.63. The van der Waals surface area contributed by atoms with Crippen LogP contribution in [0.4, 0.5) is 0 Å². The van der Waals surface area contributed by atoms with Crippen LogP contribution < -0.4 is 5.32 Å². The highest BCUT2D eigenvalue weighted by Gasteiger charge is 2.35. The van der Waals surface area contributed by atoms with Gasteiger partial charge in [-0.3, -0.25) is 14.4 Å². The summed E-state index contributed by atoms with van der Waals surface area (Å²) in [5.74, 6) is -2.18. The molecule has 24 heavy (non-hydrogen) atoms. The van der Waals surface area contributed by atoms with Gasteiger partial charge in [0.15, 0.2) is 0 Å². The molecule has 2 unspecified atom stereocenters. The van der Waals surface area contributed by atoms with Crippen LogP contribution >= 0.6 is 0 Å². The number of nitrogens with one attached hydrogen (secondary N) is 1. The Hall–Kier alpha value is -2.37. The van der Waals surface area contributed by atoms with Crippen molar-refractivity contribution < 1.29 is 19.5 Å². The van der Waals surface area contributed by atoms with Crippen LogP contribution in [0.15, 0.2) is 24.3 Å². The molecule has 0 bridgehead atoms. The molecule has 1 aliphatic heterocycles. The van der Waals surface area contributed by atoms with Crippen molar-refractivity contribution in [3.63, 3.8) is 0 Å². The zero-order chi connectivity index (χ0) is 18.1. The Morgan fingerprint density at radius 1 is 1.25 bits per heavy atom. The first-order valence-electron chi connectivity index (χ1n) is 8.01. The smallest absolute Gasteiger partial charge is 0.312 e. The van der Waals surface area contributed by atoms with Gasteiger partial charge in [-0.25, -0.2) is 0 Å². The zero-order valence-electron chi connectivity index (χ0n) is 14.5. The molecule has 0 saturated carbocycles. The number of rotatable bonds is 3. The minimum absolute atomic E-state index is 0.112. The fourth-order valence-electron chi connectivity index (χ4n) is 2.73. The fourth-order valence-corrected chi connectivity index (χ4v) is 2.73. The Morgan fingerprint density at radius 2 is 1.88 bits per heavy atom. The SMILES string of the molecule is CC(NC(=O)C(C)(C)C)C(=O)N1Cc2ccccc2C(C(=O)O)C1. The summed E-state index contributed by atoms with van der Waals surface area (Å²) in [5.41, 5.74) is 0.992. The molecule has 2 amide bonds. The van der Waals surface area contributed by atoms with Crippen molar-refractivity contribution in [2.24, 2.45) is 5.41 Å². The lowest BCUT2D eigenvalue weighted by atomic mass is 9.89. The van der Waals surface area contributed by atoms with E-state index in [1.165, 1.54) is 4.90 Å². The average Bonchev–Trinajstić information content (AvgIpc) is 2.51. The summed E-state index contributed by atoms with van der Waals surface area (Å²) in [6.07, 6.45) is 0. The summed E-state index contributed by atoms with van der Waals surface area (Å²) < 4.78 is 0. The van der Waals surface area contributed by atoms with E-state index in [0.717, 1.165) is 11.1 Å². The maximum atomic E-state index is 12.7. The molecular weight excluding hydrogens is 308 g/mol. The van der Waals surface area contributed by atoms with Crippen LogP contribution in [0.2, 0.25) is 0 Å². The van der Waals surface area contributed by atoms with E-state index in [1.54, 1.807) is 39.8 Å². The third kappa shape index (κ3) is 3.75. The van der Waals surface area contributed by atoms with Gasteiger partial charge >= 0.3 is 5.97 Å². The number of carbonyl (C=O) groups is 3. The van der Waals surface area contributed by atoms with Crippen LogP contribution in [0.5, 0.6) is 0 Å². The molecule has 6 heteroatoms. The number of fused-ring (bicyclic) bond motifs is 1. The molecular formula is C18H24N2O4. The van der Waals surface area contributed by atoms with Gasteiger partial charge in [-0.15, -0.1) is 0 Å². The second-order valence-corrected chi connectivity index (χ2v) is 7.25. The molecule has 6 nitrogen and oxygen atoms in total. The first-order valence-corrected chi connectivity index (χ1v) is 8.01. The molecule has 1 aliphatic rings. The predicted octanol–water partition coefficient (Wildman–Crippen LogP) is 1.75. The van der Waals surface area contributed by atoms with E-state index in [9.17, 15) is 19.5 Å². The average molecular weight is 332 g/mol. The van der Waals surface area contributed by atoms with Crippen molar-refractivity contribution in [3.05, 3.63) is 35.4 Å². The van der Waals surface area contributed by atoms with Gasteiger partial charge in [0.2, 0.25) is 11.8 Å². The summed E-state index contributed by atoms with van der Waals surface area (Å²) in [4.78, 5) is 37.8. The molecule has 2 rings (SSSR count). The Morgan fingerprint density at radius 3 is 2.46 bits per heavy atom. The number of amides is 2. The highest BCUT2D eigenvalue weighted by atomic mass is 16.4. The van der Waals surface area contributed by atoms with Gasteiger partial charge in [-0.1, -0.05) is 45.0 Å². The van der Waals surface area contributed by atoms with Crippen molar-refractivity contribution in [2.75, 3.05) is 6.54 Å². The third-order valence-electron chi connectivity index (χ3n) is 4.20. The summed E-state index contributed by atoms with van der Waals surface area (Å²) in [7, 11) is 0. The van der Waals surface area contributed by atoms with Crippen molar-refractivity contribution in [1.82, 2.24) is 10.2 Å². The minimum Gasteiger partial charge on any atom is -0.481 e. The largest absolute Gasteiger partial charge is 0.481 e. The normalized spacial score (nSPS) is 18.5. The number of nitrogens with zero attached hydrogens (tertiary/aromatic N) is 1. The van der Waals surface area contributed by atoms with Crippen LogP contribution in [0.25, 0.3) is 0 Å². The van der Waals surface area contributed by atoms with Crippen LogP contribution in [-0.4, -0.2) is 40.4 Å². The molecule has 0 aromatic heterocycles. The van der Waals surface area contributed by atoms with Crippen LogP contribution in [0.3, 0.4) is 0 Å². The molecule has 0 saturated heterocycles. The zero-order valence-corrected chi connectivity index (χ0v) is 14.5. The Labute approximate surface area is 141 Å². The summed E-state index contributed by atoms with van der Waals surface area (Å²) in [6, 6.07) is 6.56. The molecule has 0 spiro atoms. The first kappa shape index (κ1) is 18.0. The quantitative estimate of drug-likeness (QED) is 0.883. The van der Waals surface area contributed by atoms with Crippen LogP contribution in [-0.2, 0) is 20.9 Å². The molecule has 130 valence electrons. The lowest BCUT2D eigenvalue weighted by Crippen LogP contribution is -2.51. The summed E-state index contributed by atoms with van der Waals surface area (Å²) in [5, 5.41) is 12.2. The number of hydrogen-bond acceptors (Lipinski definition) is 3. The van der Waals surface area contributed by atoms with E-state index in [4.69, 9.17) is 0 Å². The van der Waals surface area contributed by atoms with E-state index >= 15 is 0 Å². The van der Waals surface area contributed by atoms with Gasteiger partial charge in [0.05, 0.1) is 5.92 Å². The third-order valence-corrected chi connectivity index (χ3v) is 4.20. The number of hydrogen-bond donors (Lipinski definition) is 2. The minimum atomic E-state index is -0.952. The highest BCUT2D eigenvalue weighted by Crippen LogP contribution is 2.28. The highest BCUT2D eigenvalue weighted by molar-refractivity contribution is 5.90. The fraction of sp³-hybridized carbons (Fsp3) is 0.500. The topological polar surface area (TPSA) is 86.7 Å². The van der Waals surface area contributed by atoms with E-state index < -0.39 is 23.3 Å². The lowest BCUT2D eigenvalue weighted by molar-refractivity contribution is -0.143. The summed E-state index contributed by atoms with van der Waals surface area (Å²) >= 11 is 0. The molecule has 1 heterocycles. The lowest BCUT2D eigenvalue weighted by Gasteiger charge is -2.34. The van der Waals surface area contributed by atoms with Gasteiger partial charge in [0.25, 0.3) is 0 Å². The first-order chi connectivity index (χ1) is 11.1. The second-order valence-electron chi connectivity index (χ2n) is 7.25. The molecule has 0 aliphatic carbocycles. The van der Waals surface area contributed by atoms with Crippen LogP contribution in [0.1, 0.15) is 44.7 Å². The van der Waals surface area contributed by atoms with Crippen LogP contribution in [0, 0.1) is 5.41 Å². The van der Waals surface area contributed by atoms with Gasteiger partial charge in [0, 0.05) is 18.5 Å². The van der Waals surface area contributed by atoms with E-state index in [1.807, 2.05) is 12.1 Å². The standard InChI is InChI=1S/C18H24N2O4/c1-11(19-17(24)18(2,3)4)15(21)20-9-12-7-5-6-8-13(12)14(10-20)16(22)23/h5-8,11,14H,9-10H2,1-4H3,(H,19,24)(H,22,23). The Balaban J connectivity index is 2.16. The summed E-state index contributed by atoms with van der Waals surface area (Å²) in [6.45, 7) is 7.42. The van der Waals surface area contributed by atoms with Crippen molar-refractivity contribution in [3.8, 4) is 0 Å². The van der Waals surface area contributed by atoms with Gasteiger partial charge in [-0.2, -0.15) is 0 Å². The Kier molecular flexibility index (Phi) is 4.96. The maximum Gasteiger partial charge on any atom is 0.312 e. The van der Waals surface area contributed by atoms with Gasteiger partial charge < -0.3 is 15.3 Å². The number of carbonyl (C=O) groups excluding carboxylic acids is 2. The molecule has 0 fully saturated rings. The van der Waals surface area contributed by atoms with E-state index in [2.05, 4.69) is 5.32 Å². The molecule has 2 N–H and O–H groups in total. The maximum absolute atomic E-state index is 12.7. The molecule has 2 atom stereocenters. The molecule has 1 aromatic carbocycles. The number of aliphatic carboxylic acids is 1. The molecule has 1 aromatic rings. The van der Waals surface area contributed by atoms with Gasteiger partial charge in [-0.05, 0) is 18.1 Å².